The third-order valence-electron chi connectivity index (χ3n) is 2.38. The van der Waals surface area contributed by atoms with Gasteiger partial charge < -0.3 is 14.9 Å². The van der Waals surface area contributed by atoms with Gasteiger partial charge in [0, 0.05) is 12.1 Å². The fraction of sp³-hybridized carbons (Fsp3) is 0.500. The molecule has 0 aliphatic rings. The predicted molar refractivity (Wildman–Crippen MR) is 54.6 cm³/mol. The summed E-state index contributed by atoms with van der Waals surface area (Å²) >= 11 is 0. The minimum Gasteiger partial charge on any atom is -0.481 e. The van der Waals surface area contributed by atoms with Crippen LogP contribution in [0, 0.1) is 19.8 Å². The van der Waals surface area contributed by atoms with Crippen molar-refractivity contribution in [3.05, 3.63) is 17.0 Å². The monoisotopic (exact) mass is 226 g/mol. The van der Waals surface area contributed by atoms with E-state index in [4.69, 9.17) is 9.63 Å². The molecule has 0 fully saturated rings. The molecule has 0 bridgehead atoms. The Morgan fingerprint density at radius 3 is 2.56 bits per heavy atom. The second kappa shape index (κ2) is 4.78. The largest absolute Gasteiger partial charge is 0.481 e. The van der Waals surface area contributed by atoms with Crippen LogP contribution in [0.5, 0.6) is 0 Å². The predicted octanol–water partition coefficient (Wildman–Crippen LogP) is 0.628. The van der Waals surface area contributed by atoms with Crippen LogP contribution in [0.15, 0.2) is 4.52 Å². The van der Waals surface area contributed by atoms with Gasteiger partial charge in [-0.1, -0.05) is 5.16 Å². The van der Waals surface area contributed by atoms with Crippen LogP contribution in [0.1, 0.15) is 23.9 Å². The molecule has 1 amide bonds. The first-order chi connectivity index (χ1) is 7.43. The van der Waals surface area contributed by atoms with E-state index in [2.05, 4.69) is 10.5 Å². The van der Waals surface area contributed by atoms with E-state index in [0.717, 1.165) is 5.56 Å². The lowest BCUT2D eigenvalue weighted by Gasteiger charge is -2.07. The number of carboxylic acid groups (broad SMARTS) is 1. The standard InChI is InChI=1S/C10H14N2O4/c1-5(10(14)15)9(13)11-4-8-6(2)12-16-7(8)3/h5H,4H2,1-3H3,(H,11,13)(H,14,15). The quantitative estimate of drug-likeness (QED) is 0.734. The van der Waals surface area contributed by atoms with Crippen molar-refractivity contribution in [3.63, 3.8) is 0 Å². The maximum atomic E-state index is 11.4. The molecule has 0 aliphatic heterocycles. The van der Waals surface area contributed by atoms with E-state index in [0.29, 0.717) is 11.5 Å². The number of hydrogen-bond donors (Lipinski definition) is 2. The third kappa shape index (κ3) is 2.59. The Morgan fingerprint density at radius 1 is 1.50 bits per heavy atom. The van der Waals surface area contributed by atoms with Gasteiger partial charge in [-0.2, -0.15) is 0 Å². The fourth-order valence-corrected chi connectivity index (χ4v) is 1.20. The van der Waals surface area contributed by atoms with Crippen LogP contribution in [0.2, 0.25) is 0 Å². The fourth-order valence-electron chi connectivity index (χ4n) is 1.20. The van der Waals surface area contributed by atoms with E-state index in [1.54, 1.807) is 13.8 Å². The Kier molecular flexibility index (Phi) is 3.65. The van der Waals surface area contributed by atoms with Gasteiger partial charge in [-0.05, 0) is 20.8 Å². The molecule has 0 saturated carbocycles. The van der Waals surface area contributed by atoms with E-state index in [1.807, 2.05) is 0 Å². The summed E-state index contributed by atoms with van der Waals surface area (Å²) in [6.45, 7) is 5.07. The molecule has 0 aromatic carbocycles. The van der Waals surface area contributed by atoms with Crippen molar-refractivity contribution in [2.24, 2.45) is 5.92 Å². The average Bonchev–Trinajstić information content (AvgIpc) is 2.54. The van der Waals surface area contributed by atoms with Crippen molar-refractivity contribution in [1.82, 2.24) is 10.5 Å². The van der Waals surface area contributed by atoms with Crippen molar-refractivity contribution >= 4 is 11.9 Å². The van der Waals surface area contributed by atoms with E-state index in [-0.39, 0.29) is 6.54 Å². The SMILES string of the molecule is Cc1noc(C)c1CNC(=O)C(C)C(=O)O. The Labute approximate surface area is 92.6 Å². The number of aromatic nitrogens is 1. The summed E-state index contributed by atoms with van der Waals surface area (Å²) in [7, 11) is 0. The lowest BCUT2D eigenvalue weighted by molar-refractivity contribution is -0.146. The van der Waals surface area contributed by atoms with Crippen molar-refractivity contribution < 1.29 is 19.2 Å². The van der Waals surface area contributed by atoms with E-state index in [9.17, 15) is 9.59 Å². The van der Waals surface area contributed by atoms with Crippen LogP contribution >= 0.6 is 0 Å². The maximum absolute atomic E-state index is 11.4. The third-order valence-corrected chi connectivity index (χ3v) is 2.38. The van der Waals surface area contributed by atoms with Gasteiger partial charge in [0.05, 0.1) is 5.69 Å². The molecule has 0 spiro atoms. The highest BCUT2D eigenvalue weighted by molar-refractivity contribution is 5.96. The number of aliphatic carboxylic acids is 1. The summed E-state index contributed by atoms with van der Waals surface area (Å²) in [6.07, 6.45) is 0. The second-order valence-corrected chi connectivity index (χ2v) is 3.58. The number of hydrogen-bond acceptors (Lipinski definition) is 4. The van der Waals surface area contributed by atoms with Crippen molar-refractivity contribution in [2.45, 2.75) is 27.3 Å². The van der Waals surface area contributed by atoms with Crippen molar-refractivity contribution in [3.8, 4) is 0 Å². The van der Waals surface area contributed by atoms with Gasteiger partial charge in [0.15, 0.2) is 0 Å². The molecule has 0 aliphatic carbocycles. The van der Waals surface area contributed by atoms with Gasteiger partial charge in [-0.25, -0.2) is 0 Å². The van der Waals surface area contributed by atoms with E-state index < -0.39 is 17.8 Å². The van der Waals surface area contributed by atoms with Crippen LogP contribution in [-0.2, 0) is 16.1 Å². The first-order valence-electron chi connectivity index (χ1n) is 4.85. The second-order valence-electron chi connectivity index (χ2n) is 3.58. The average molecular weight is 226 g/mol. The van der Waals surface area contributed by atoms with Crippen LogP contribution in [0.4, 0.5) is 0 Å². The molecular weight excluding hydrogens is 212 g/mol. The number of carbonyl (C=O) groups is 2. The smallest absolute Gasteiger partial charge is 0.315 e. The zero-order valence-corrected chi connectivity index (χ0v) is 9.40. The molecule has 6 nitrogen and oxygen atoms in total. The molecule has 0 radical (unpaired) electrons. The minimum atomic E-state index is -1.14. The van der Waals surface area contributed by atoms with Gasteiger partial charge >= 0.3 is 5.97 Å². The highest BCUT2D eigenvalue weighted by Gasteiger charge is 2.20. The molecule has 1 aromatic rings. The van der Waals surface area contributed by atoms with Gasteiger partial charge in [0.2, 0.25) is 5.91 Å². The Hall–Kier alpha value is -1.85. The van der Waals surface area contributed by atoms with E-state index >= 15 is 0 Å². The maximum Gasteiger partial charge on any atom is 0.315 e. The van der Waals surface area contributed by atoms with Gasteiger partial charge in [0.25, 0.3) is 0 Å². The summed E-state index contributed by atoms with van der Waals surface area (Å²) in [5.74, 6) is -2.09. The number of carboxylic acids is 1. The summed E-state index contributed by atoms with van der Waals surface area (Å²) < 4.78 is 4.92. The topological polar surface area (TPSA) is 92.4 Å². The Balaban J connectivity index is 2.59. The molecule has 1 aromatic heterocycles. The molecule has 2 N–H and O–H groups in total. The molecule has 1 heterocycles. The first-order valence-corrected chi connectivity index (χ1v) is 4.85. The molecule has 1 rings (SSSR count). The number of carbonyl (C=O) groups excluding carboxylic acids is 1. The molecule has 16 heavy (non-hydrogen) atoms. The van der Waals surface area contributed by atoms with Gasteiger partial charge in [-0.15, -0.1) is 0 Å². The highest BCUT2D eigenvalue weighted by atomic mass is 16.5. The summed E-state index contributed by atoms with van der Waals surface area (Å²) in [4.78, 5) is 21.9. The van der Waals surface area contributed by atoms with Crippen LogP contribution in [0.25, 0.3) is 0 Å². The summed E-state index contributed by atoms with van der Waals surface area (Å²) in [5, 5.41) is 14.9. The zero-order chi connectivity index (χ0) is 12.3. The summed E-state index contributed by atoms with van der Waals surface area (Å²) in [6, 6.07) is 0. The summed E-state index contributed by atoms with van der Waals surface area (Å²) in [5.41, 5.74) is 1.48. The number of nitrogens with one attached hydrogen (secondary N) is 1. The van der Waals surface area contributed by atoms with Crippen LogP contribution in [-0.4, -0.2) is 22.1 Å². The first kappa shape index (κ1) is 12.2. The number of aryl methyl sites for hydroxylation is 2. The molecular formula is C10H14N2O4. The van der Waals surface area contributed by atoms with Gasteiger partial charge in [0.1, 0.15) is 11.7 Å². The molecule has 1 unspecified atom stereocenters. The normalized spacial score (nSPS) is 12.2. The molecule has 88 valence electrons. The Bertz CT molecular complexity index is 391. The van der Waals surface area contributed by atoms with E-state index in [1.165, 1.54) is 6.92 Å². The Morgan fingerprint density at radius 2 is 2.12 bits per heavy atom. The lowest BCUT2D eigenvalue weighted by atomic mass is 10.1. The highest BCUT2D eigenvalue weighted by Crippen LogP contribution is 2.11. The molecule has 6 heteroatoms. The zero-order valence-electron chi connectivity index (χ0n) is 9.40. The number of amides is 1. The van der Waals surface area contributed by atoms with Crippen molar-refractivity contribution in [1.29, 1.82) is 0 Å². The van der Waals surface area contributed by atoms with Crippen LogP contribution < -0.4 is 5.32 Å². The van der Waals surface area contributed by atoms with Gasteiger partial charge in [-0.3, -0.25) is 9.59 Å². The molecule has 0 saturated heterocycles. The minimum absolute atomic E-state index is 0.234. The molecule has 1 atom stereocenters. The van der Waals surface area contributed by atoms with Crippen molar-refractivity contribution in [2.75, 3.05) is 0 Å². The lowest BCUT2D eigenvalue weighted by Crippen LogP contribution is -2.33. The number of nitrogens with zero attached hydrogens (tertiary/aromatic N) is 1. The number of rotatable bonds is 4. The van der Waals surface area contributed by atoms with Crippen LogP contribution in [0.3, 0.4) is 0 Å².